The molecule has 1 rings (SSSR count). The van der Waals surface area contributed by atoms with E-state index in [2.05, 4.69) is 0 Å². The van der Waals surface area contributed by atoms with Crippen LogP contribution in [0.4, 0.5) is 8.78 Å². The van der Waals surface area contributed by atoms with E-state index in [9.17, 15) is 18.4 Å². The number of hydrogen-bond donors (Lipinski definition) is 1. The van der Waals surface area contributed by atoms with Crippen molar-refractivity contribution in [3.63, 3.8) is 0 Å². The SMILES string of the molecule is CCCCC(=O)N(CCC(=O)O)Cc1ccc(F)c(F)c1. The summed E-state index contributed by atoms with van der Waals surface area (Å²) in [5, 5.41) is 8.72. The Kier molecular flexibility index (Phi) is 6.78. The van der Waals surface area contributed by atoms with Gasteiger partial charge in [0, 0.05) is 19.5 Å². The number of halogens is 2. The molecule has 6 heteroatoms. The molecular weight excluding hydrogens is 280 g/mol. The van der Waals surface area contributed by atoms with Crippen molar-refractivity contribution >= 4 is 11.9 Å². The zero-order chi connectivity index (χ0) is 15.8. The van der Waals surface area contributed by atoms with E-state index in [1.165, 1.54) is 11.0 Å². The molecule has 1 amide bonds. The van der Waals surface area contributed by atoms with Crippen molar-refractivity contribution in [3.8, 4) is 0 Å². The molecule has 0 heterocycles. The molecule has 0 spiro atoms. The maximum Gasteiger partial charge on any atom is 0.305 e. The lowest BCUT2D eigenvalue weighted by molar-refractivity contribution is -0.138. The van der Waals surface area contributed by atoms with E-state index in [4.69, 9.17) is 5.11 Å². The third-order valence-electron chi connectivity index (χ3n) is 3.05. The highest BCUT2D eigenvalue weighted by Gasteiger charge is 2.15. The molecule has 0 aliphatic rings. The molecule has 4 nitrogen and oxygen atoms in total. The zero-order valence-corrected chi connectivity index (χ0v) is 11.9. The van der Waals surface area contributed by atoms with Crippen molar-refractivity contribution in [2.24, 2.45) is 0 Å². The van der Waals surface area contributed by atoms with E-state index in [1.807, 2.05) is 6.92 Å². The van der Waals surface area contributed by atoms with Gasteiger partial charge in [-0.25, -0.2) is 8.78 Å². The number of aliphatic carboxylic acids is 1. The minimum absolute atomic E-state index is 0.0525. The molecule has 0 unspecified atom stereocenters. The quantitative estimate of drug-likeness (QED) is 0.803. The topological polar surface area (TPSA) is 57.6 Å². The van der Waals surface area contributed by atoms with Crippen molar-refractivity contribution in [2.45, 2.75) is 39.2 Å². The highest BCUT2D eigenvalue weighted by Crippen LogP contribution is 2.13. The maximum atomic E-state index is 13.2. The molecule has 0 aromatic heterocycles. The second-order valence-electron chi connectivity index (χ2n) is 4.81. The molecule has 0 radical (unpaired) electrons. The van der Waals surface area contributed by atoms with E-state index in [0.29, 0.717) is 18.4 Å². The fourth-order valence-corrected chi connectivity index (χ4v) is 1.87. The lowest BCUT2D eigenvalue weighted by Gasteiger charge is -2.22. The number of benzene rings is 1. The second kappa shape index (κ2) is 8.34. The van der Waals surface area contributed by atoms with Gasteiger partial charge in [0.25, 0.3) is 0 Å². The van der Waals surface area contributed by atoms with Crippen LogP contribution in [0.2, 0.25) is 0 Å². The first-order chi connectivity index (χ1) is 9.93. The molecule has 0 aliphatic heterocycles. The summed E-state index contributed by atoms with van der Waals surface area (Å²) in [6, 6.07) is 3.41. The van der Waals surface area contributed by atoms with Gasteiger partial charge in [-0.2, -0.15) is 0 Å². The number of amides is 1. The number of nitrogens with zero attached hydrogens (tertiary/aromatic N) is 1. The molecule has 1 N–H and O–H groups in total. The van der Waals surface area contributed by atoms with Crippen LogP contribution in [0, 0.1) is 11.6 Å². The molecule has 1 aromatic rings. The molecule has 0 fully saturated rings. The van der Waals surface area contributed by atoms with Crippen LogP contribution in [0.25, 0.3) is 0 Å². The fourth-order valence-electron chi connectivity index (χ4n) is 1.87. The van der Waals surface area contributed by atoms with Gasteiger partial charge in [-0.15, -0.1) is 0 Å². The number of carboxylic acid groups (broad SMARTS) is 1. The lowest BCUT2D eigenvalue weighted by atomic mass is 10.1. The Labute approximate surface area is 122 Å². The van der Waals surface area contributed by atoms with Gasteiger partial charge in [0.2, 0.25) is 5.91 Å². The average Bonchev–Trinajstić information content (AvgIpc) is 2.44. The van der Waals surface area contributed by atoms with Crippen LogP contribution in [0.5, 0.6) is 0 Å². The summed E-state index contributed by atoms with van der Waals surface area (Å²) in [7, 11) is 0. The molecule has 0 saturated heterocycles. The van der Waals surface area contributed by atoms with Gasteiger partial charge in [0.05, 0.1) is 6.42 Å². The van der Waals surface area contributed by atoms with Gasteiger partial charge in [-0.05, 0) is 24.1 Å². The molecular formula is C15H19F2NO3. The summed E-state index contributed by atoms with van der Waals surface area (Å²) in [4.78, 5) is 24.1. The van der Waals surface area contributed by atoms with Gasteiger partial charge in [0.15, 0.2) is 11.6 Å². The van der Waals surface area contributed by atoms with Crippen LogP contribution < -0.4 is 0 Å². The number of unbranched alkanes of at least 4 members (excludes halogenated alkanes) is 1. The Morgan fingerprint density at radius 1 is 1.19 bits per heavy atom. The monoisotopic (exact) mass is 299 g/mol. The summed E-state index contributed by atoms with van der Waals surface area (Å²) in [5.41, 5.74) is 0.434. The van der Waals surface area contributed by atoms with Gasteiger partial charge in [-0.3, -0.25) is 9.59 Å². The van der Waals surface area contributed by atoms with Crippen LogP contribution in [0.15, 0.2) is 18.2 Å². The van der Waals surface area contributed by atoms with Crippen molar-refractivity contribution in [1.82, 2.24) is 4.90 Å². The van der Waals surface area contributed by atoms with Crippen LogP contribution in [0.1, 0.15) is 38.2 Å². The fraction of sp³-hybridized carbons (Fsp3) is 0.467. The van der Waals surface area contributed by atoms with E-state index >= 15 is 0 Å². The van der Waals surface area contributed by atoms with Crippen LogP contribution in [-0.2, 0) is 16.1 Å². The second-order valence-corrected chi connectivity index (χ2v) is 4.81. The normalized spacial score (nSPS) is 10.4. The molecule has 0 bridgehead atoms. The van der Waals surface area contributed by atoms with Gasteiger partial charge in [0.1, 0.15) is 0 Å². The van der Waals surface area contributed by atoms with Crippen molar-refractivity contribution in [3.05, 3.63) is 35.4 Å². The van der Waals surface area contributed by atoms with Crippen LogP contribution >= 0.6 is 0 Å². The standard InChI is InChI=1S/C15H19F2NO3/c1-2-3-4-14(19)18(8-7-15(20)21)10-11-5-6-12(16)13(17)9-11/h5-6,9H,2-4,7-8,10H2,1H3,(H,20,21). The summed E-state index contributed by atoms with van der Waals surface area (Å²) in [5.74, 6) is -3.11. The Hall–Kier alpha value is -1.98. The summed E-state index contributed by atoms with van der Waals surface area (Å²) in [6.07, 6.45) is 1.70. The van der Waals surface area contributed by atoms with Gasteiger partial charge >= 0.3 is 5.97 Å². The highest BCUT2D eigenvalue weighted by atomic mass is 19.2. The Bertz CT molecular complexity index is 506. The minimum atomic E-state index is -1.01. The number of carbonyl (C=O) groups excluding carboxylic acids is 1. The lowest BCUT2D eigenvalue weighted by Crippen LogP contribution is -2.32. The van der Waals surface area contributed by atoms with Gasteiger partial charge < -0.3 is 10.0 Å². The van der Waals surface area contributed by atoms with Crippen LogP contribution in [-0.4, -0.2) is 28.4 Å². The van der Waals surface area contributed by atoms with E-state index in [1.54, 1.807) is 0 Å². The largest absolute Gasteiger partial charge is 0.481 e. The van der Waals surface area contributed by atoms with E-state index in [-0.39, 0.29) is 25.4 Å². The predicted octanol–water partition coefficient (Wildman–Crippen LogP) is 2.96. The third-order valence-corrected chi connectivity index (χ3v) is 3.05. The molecule has 1 aromatic carbocycles. The van der Waals surface area contributed by atoms with Crippen LogP contribution in [0.3, 0.4) is 0 Å². The zero-order valence-electron chi connectivity index (χ0n) is 11.9. The molecule has 0 aliphatic carbocycles. The molecule has 116 valence electrons. The maximum absolute atomic E-state index is 13.2. The van der Waals surface area contributed by atoms with Crippen molar-refractivity contribution in [2.75, 3.05) is 6.54 Å². The minimum Gasteiger partial charge on any atom is -0.481 e. The van der Waals surface area contributed by atoms with Crippen molar-refractivity contribution < 1.29 is 23.5 Å². The third kappa shape index (κ3) is 5.89. The molecule has 0 saturated carbocycles. The highest BCUT2D eigenvalue weighted by molar-refractivity contribution is 5.77. The number of hydrogen-bond acceptors (Lipinski definition) is 2. The average molecular weight is 299 g/mol. The summed E-state index contributed by atoms with van der Waals surface area (Å²) < 4.78 is 26.1. The number of rotatable bonds is 8. The number of carbonyl (C=O) groups is 2. The first-order valence-corrected chi connectivity index (χ1v) is 6.87. The number of carboxylic acids is 1. The Balaban J connectivity index is 2.76. The van der Waals surface area contributed by atoms with Crippen molar-refractivity contribution in [1.29, 1.82) is 0 Å². The molecule has 0 atom stereocenters. The van der Waals surface area contributed by atoms with Gasteiger partial charge in [-0.1, -0.05) is 19.4 Å². The predicted molar refractivity (Wildman–Crippen MR) is 73.6 cm³/mol. The Morgan fingerprint density at radius 3 is 2.48 bits per heavy atom. The molecule has 21 heavy (non-hydrogen) atoms. The Morgan fingerprint density at radius 2 is 1.90 bits per heavy atom. The first kappa shape index (κ1) is 17.1. The van der Waals surface area contributed by atoms with E-state index < -0.39 is 17.6 Å². The smallest absolute Gasteiger partial charge is 0.305 e. The first-order valence-electron chi connectivity index (χ1n) is 6.87. The summed E-state index contributed by atoms with van der Waals surface area (Å²) >= 11 is 0. The van der Waals surface area contributed by atoms with E-state index in [0.717, 1.165) is 18.6 Å². The summed E-state index contributed by atoms with van der Waals surface area (Å²) in [6.45, 7) is 2.08.